The summed E-state index contributed by atoms with van der Waals surface area (Å²) in [6.45, 7) is 0. The Morgan fingerprint density at radius 3 is 1.29 bits per heavy atom. The highest BCUT2D eigenvalue weighted by Crippen LogP contribution is 2.39. The van der Waals surface area contributed by atoms with Crippen molar-refractivity contribution in [2.45, 2.75) is 0 Å². The first-order valence-electron chi connectivity index (χ1n) is 17.7. The maximum absolute atomic E-state index is 6.15. The van der Waals surface area contributed by atoms with E-state index in [0.717, 1.165) is 44.9 Å². The Morgan fingerprint density at radius 2 is 0.692 bits per heavy atom. The summed E-state index contributed by atoms with van der Waals surface area (Å²) in [5.41, 5.74) is 14.7. The second kappa shape index (κ2) is 13.8. The number of furan rings is 1. The first kappa shape index (κ1) is 31.1. The summed E-state index contributed by atoms with van der Waals surface area (Å²) in [4.78, 5) is 2.34. The van der Waals surface area contributed by atoms with E-state index in [9.17, 15) is 0 Å². The lowest BCUT2D eigenvalue weighted by molar-refractivity contribution is 0.631. The summed E-state index contributed by atoms with van der Waals surface area (Å²) in [6, 6.07) is 75.3. The molecule has 0 atom stereocenters. The molecule has 0 bridgehead atoms. The minimum Gasteiger partial charge on any atom is -0.456 e. The van der Waals surface area contributed by atoms with E-state index in [-0.39, 0.29) is 0 Å². The molecule has 2 heteroatoms. The van der Waals surface area contributed by atoms with E-state index in [0.29, 0.717) is 0 Å². The van der Waals surface area contributed by atoms with E-state index in [2.05, 4.69) is 199 Å². The highest BCUT2D eigenvalue weighted by atomic mass is 16.3. The van der Waals surface area contributed by atoms with Crippen molar-refractivity contribution in [1.82, 2.24) is 0 Å². The van der Waals surface area contributed by atoms with Crippen LogP contribution < -0.4 is 4.90 Å². The molecule has 0 aliphatic heterocycles. The molecule has 0 spiro atoms. The van der Waals surface area contributed by atoms with E-state index >= 15 is 0 Å². The van der Waals surface area contributed by atoms with Crippen LogP contribution in [0.15, 0.2) is 217 Å². The summed E-state index contributed by atoms with van der Waals surface area (Å²) in [6.07, 6.45) is 0. The number of fused-ring (bicyclic) bond motifs is 1. The molecule has 8 aromatic carbocycles. The van der Waals surface area contributed by atoms with Gasteiger partial charge in [-0.3, -0.25) is 0 Å². The average molecular weight is 666 g/mol. The van der Waals surface area contributed by atoms with Gasteiger partial charge in [0.2, 0.25) is 0 Å². The summed E-state index contributed by atoms with van der Waals surface area (Å²) < 4.78 is 6.15. The normalized spacial score (nSPS) is 11.1. The van der Waals surface area contributed by atoms with Crippen molar-refractivity contribution >= 4 is 28.0 Å². The first-order valence-corrected chi connectivity index (χ1v) is 17.7. The van der Waals surface area contributed by atoms with Crippen LogP contribution in [0.5, 0.6) is 0 Å². The van der Waals surface area contributed by atoms with Crippen molar-refractivity contribution in [2.75, 3.05) is 4.90 Å². The first-order chi connectivity index (χ1) is 25.7. The van der Waals surface area contributed by atoms with Gasteiger partial charge >= 0.3 is 0 Å². The molecular weight excluding hydrogens is 631 g/mol. The number of para-hydroxylation sites is 1. The molecule has 1 heterocycles. The number of rotatable bonds is 8. The molecule has 0 radical (unpaired) electrons. The summed E-state index contributed by atoms with van der Waals surface area (Å²) in [5, 5.41) is 1.11. The van der Waals surface area contributed by atoms with Crippen LogP contribution >= 0.6 is 0 Å². The lowest BCUT2D eigenvalue weighted by atomic mass is 9.98. The molecule has 9 rings (SSSR count). The van der Waals surface area contributed by atoms with Crippen LogP contribution in [0.4, 0.5) is 17.1 Å². The lowest BCUT2D eigenvalue weighted by Crippen LogP contribution is -2.10. The molecule has 1 aromatic heterocycles. The predicted octanol–water partition coefficient (Wildman–Crippen LogP) is 14.2. The molecule has 0 aliphatic rings. The standard InChI is InChI=1S/C50H35NO/c1-3-11-36(12-4-1)39-25-29-46(30-26-39)51(48-19-10-17-43(34-48)37-13-5-2-6-14-37)47-31-27-40(28-32-47)38-21-23-41(24-22-38)42-16-9-18-44(33-42)50-35-45-15-7-8-20-49(45)52-50/h1-35H. The van der Waals surface area contributed by atoms with Crippen molar-refractivity contribution in [3.8, 4) is 55.8 Å². The quantitative estimate of drug-likeness (QED) is 0.161. The zero-order valence-corrected chi connectivity index (χ0v) is 28.6. The Labute approximate surface area is 304 Å². The Balaban J connectivity index is 1.02. The minimum atomic E-state index is 0.882. The van der Waals surface area contributed by atoms with Gasteiger partial charge in [-0.2, -0.15) is 0 Å². The van der Waals surface area contributed by atoms with Crippen LogP contribution in [0.1, 0.15) is 0 Å². The maximum Gasteiger partial charge on any atom is 0.135 e. The zero-order chi connectivity index (χ0) is 34.7. The fraction of sp³-hybridized carbons (Fsp3) is 0. The predicted molar refractivity (Wildman–Crippen MR) is 218 cm³/mol. The number of nitrogens with zero attached hydrogens (tertiary/aromatic N) is 1. The number of anilines is 3. The molecular formula is C50H35NO. The van der Waals surface area contributed by atoms with Gasteiger partial charge in [-0.05, 0) is 99.1 Å². The molecule has 52 heavy (non-hydrogen) atoms. The van der Waals surface area contributed by atoms with Gasteiger partial charge in [-0.25, -0.2) is 0 Å². The maximum atomic E-state index is 6.15. The van der Waals surface area contributed by atoms with E-state index in [1.54, 1.807) is 0 Å². The van der Waals surface area contributed by atoms with Crippen molar-refractivity contribution in [3.05, 3.63) is 212 Å². The monoisotopic (exact) mass is 665 g/mol. The third-order valence-electron chi connectivity index (χ3n) is 9.69. The topological polar surface area (TPSA) is 16.4 Å². The fourth-order valence-corrected chi connectivity index (χ4v) is 6.97. The van der Waals surface area contributed by atoms with E-state index in [1.807, 2.05) is 18.2 Å². The van der Waals surface area contributed by atoms with Crippen molar-refractivity contribution in [1.29, 1.82) is 0 Å². The second-order valence-corrected chi connectivity index (χ2v) is 13.0. The van der Waals surface area contributed by atoms with Crippen molar-refractivity contribution in [2.24, 2.45) is 0 Å². The van der Waals surface area contributed by atoms with E-state index in [1.165, 1.54) is 38.9 Å². The van der Waals surface area contributed by atoms with Gasteiger partial charge in [-0.15, -0.1) is 0 Å². The largest absolute Gasteiger partial charge is 0.456 e. The summed E-state index contributed by atoms with van der Waals surface area (Å²) in [5.74, 6) is 0.882. The van der Waals surface area contributed by atoms with Gasteiger partial charge in [0.25, 0.3) is 0 Å². The van der Waals surface area contributed by atoms with Gasteiger partial charge in [0.15, 0.2) is 0 Å². The highest BCUT2D eigenvalue weighted by molar-refractivity contribution is 5.85. The van der Waals surface area contributed by atoms with Crippen LogP contribution in [0.25, 0.3) is 66.8 Å². The van der Waals surface area contributed by atoms with Crippen molar-refractivity contribution < 1.29 is 4.42 Å². The Morgan fingerprint density at radius 1 is 0.269 bits per heavy atom. The SMILES string of the molecule is c1ccc(-c2ccc(N(c3ccc(-c4ccc(-c5cccc(-c6cc7ccccc7o6)c5)cc4)cc3)c3cccc(-c4ccccc4)c3)cc2)cc1. The molecule has 0 N–H and O–H groups in total. The van der Waals surface area contributed by atoms with Crippen LogP contribution in [0, 0.1) is 0 Å². The molecule has 0 amide bonds. The van der Waals surface area contributed by atoms with E-state index in [4.69, 9.17) is 4.42 Å². The molecule has 0 saturated carbocycles. The lowest BCUT2D eigenvalue weighted by Gasteiger charge is -2.26. The molecule has 9 aromatic rings. The molecule has 0 aliphatic carbocycles. The van der Waals surface area contributed by atoms with Gasteiger partial charge in [0, 0.05) is 28.0 Å². The molecule has 0 fully saturated rings. The van der Waals surface area contributed by atoms with Crippen LogP contribution in [0.3, 0.4) is 0 Å². The van der Waals surface area contributed by atoms with Gasteiger partial charge in [0.05, 0.1) is 0 Å². The van der Waals surface area contributed by atoms with Gasteiger partial charge in [0.1, 0.15) is 11.3 Å². The van der Waals surface area contributed by atoms with Crippen LogP contribution in [-0.2, 0) is 0 Å². The van der Waals surface area contributed by atoms with Crippen LogP contribution in [0.2, 0.25) is 0 Å². The molecule has 2 nitrogen and oxygen atoms in total. The third kappa shape index (κ3) is 6.30. The molecule has 0 unspecified atom stereocenters. The molecule has 0 saturated heterocycles. The van der Waals surface area contributed by atoms with E-state index < -0.39 is 0 Å². The van der Waals surface area contributed by atoms with Crippen molar-refractivity contribution in [3.63, 3.8) is 0 Å². The smallest absolute Gasteiger partial charge is 0.135 e. The Hall–Kier alpha value is -6.90. The minimum absolute atomic E-state index is 0.882. The Bertz CT molecular complexity index is 2550. The zero-order valence-electron chi connectivity index (χ0n) is 28.6. The average Bonchev–Trinajstić information content (AvgIpc) is 3.67. The second-order valence-electron chi connectivity index (χ2n) is 13.0. The third-order valence-corrected chi connectivity index (χ3v) is 9.69. The van der Waals surface area contributed by atoms with Gasteiger partial charge < -0.3 is 9.32 Å². The fourth-order valence-electron chi connectivity index (χ4n) is 6.97. The number of hydrogen-bond donors (Lipinski definition) is 0. The van der Waals surface area contributed by atoms with Gasteiger partial charge in [-0.1, -0.05) is 158 Å². The highest BCUT2D eigenvalue weighted by Gasteiger charge is 2.15. The number of hydrogen-bond acceptors (Lipinski definition) is 2. The molecule has 246 valence electrons. The number of benzene rings is 8. The van der Waals surface area contributed by atoms with Crippen LogP contribution in [-0.4, -0.2) is 0 Å². The Kier molecular flexibility index (Phi) is 8.24. The summed E-state index contributed by atoms with van der Waals surface area (Å²) in [7, 11) is 0. The summed E-state index contributed by atoms with van der Waals surface area (Å²) >= 11 is 0.